The molecular weight excluding hydrogens is 538 g/mol. The Hall–Kier alpha value is -6.07. The number of rotatable bonds is 4. The highest BCUT2D eigenvalue weighted by Gasteiger charge is 2.20. The quantitative estimate of drug-likeness (QED) is 0.214. The highest BCUT2D eigenvalue weighted by Crippen LogP contribution is 2.39. The molecule has 0 saturated carbocycles. The third-order valence-electron chi connectivity index (χ3n) is 8.37. The summed E-state index contributed by atoms with van der Waals surface area (Å²) in [6.07, 6.45) is 0. The summed E-state index contributed by atoms with van der Waals surface area (Å²) < 4.78 is 4.54. The molecule has 5 heteroatoms. The first-order valence-corrected chi connectivity index (χ1v) is 14.7. The van der Waals surface area contributed by atoms with E-state index in [4.69, 9.17) is 15.0 Å². The minimum Gasteiger partial charge on any atom is -0.309 e. The van der Waals surface area contributed by atoms with Gasteiger partial charge >= 0.3 is 0 Å². The zero-order chi connectivity index (χ0) is 29.0. The summed E-state index contributed by atoms with van der Waals surface area (Å²) in [7, 11) is 0. The van der Waals surface area contributed by atoms with Crippen LogP contribution >= 0.6 is 0 Å². The molecule has 3 heterocycles. The van der Waals surface area contributed by atoms with E-state index in [1.807, 2.05) is 60.7 Å². The molecule has 0 atom stereocenters. The van der Waals surface area contributed by atoms with Gasteiger partial charge in [-0.15, -0.1) is 0 Å². The molecule has 0 saturated heterocycles. The first-order valence-electron chi connectivity index (χ1n) is 14.7. The highest BCUT2D eigenvalue weighted by atomic mass is 15.2. The van der Waals surface area contributed by atoms with Gasteiger partial charge in [-0.05, 0) is 36.4 Å². The van der Waals surface area contributed by atoms with Crippen LogP contribution < -0.4 is 0 Å². The van der Waals surface area contributed by atoms with Crippen molar-refractivity contribution in [1.29, 1.82) is 0 Å². The summed E-state index contributed by atoms with van der Waals surface area (Å²) in [5.74, 6) is 1.87. The fraction of sp³-hybridized carbons (Fsp3) is 0. The number of hydrogen-bond acceptors (Lipinski definition) is 3. The van der Waals surface area contributed by atoms with E-state index in [9.17, 15) is 0 Å². The molecule has 0 radical (unpaired) electrons. The van der Waals surface area contributed by atoms with Crippen molar-refractivity contribution in [3.8, 4) is 34.4 Å². The molecule has 44 heavy (non-hydrogen) atoms. The van der Waals surface area contributed by atoms with Gasteiger partial charge in [0.2, 0.25) is 5.95 Å². The first kappa shape index (κ1) is 24.5. The molecule has 0 unspecified atom stereocenters. The lowest BCUT2D eigenvalue weighted by atomic mass is 10.1. The van der Waals surface area contributed by atoms with Gasteiger partial charge in [0.1, 0.15) is 0 Å². The molecule has 0 fully saturated rings. The van der Waals surface area contributed by atoms with Crippen molar-refractivity contribution in [1.82, 2.24) is 24.1 Å². The standard InChI is InChI=1S/C39H25N5/c1-4-14-26(15-5-1)37-40-38(27-16-6-2-7-17-27)42-39(41-37)44-34-23-13-11-21-30(34)32-24-31-29-20-10-12-22-33(29)43(35(31)25-36(32)44)28-18-8-3-9-19-28/h1-25H. The molecule has 0 aliphatic heterocycles. The minimum absolute atomic E-state index is 0.589. The average Bonchev–Trinajstić information content (AvgIpc) is 3.60. The van der Waals surface area contributed by atoms with Crippen molar-refractivity contribution in [3.05, 3.63) is 152 Å². The van der Waals surface area contributed by atoms with Gasteiger partial charge in [0.25, 0.3) is 0 Å². The second kappa shape index (κ2) is 9.75. The Balaban J connectivity index is 1.41. The summed E-state index contributed by atoms with van der Waals surface area (Å²) in [4.78, 5) is 15.2. The van der Waals surface area contributed by atoms with E-state index in [0.717, 1.165) is 44.1 Å². The van der Waals surface area contributed by atoms with Crippen LogP contribution in [-0.2, 0) is 0 Å². The van der Waals surface area contributed by atoms with E-state index in [1.165, 1.54) is 16.3 Å². The predicted octanol–water partition coefficient (Wildman–Crippen LogP) is 9.40. The highest BCUT2D eigenvalue weighted by molar-refractivity contribution is 6.19. The Morgan fingerprint density at radius 3 is 1.36 bits per heavy atom. The second-order valence-electron chi connectivity index (χ2n) is 10.9. The molecule has 6 aromatic carbocycles. The molecular formula is C39H25N5. The van der Waals surface area contributed by atoms with Crippen LogP contribution in [0.2, 0.25) is 0 Å². The SMILES string of the molecule is c1ccc(-c2nc(-c3ccccc3)nc(-n3c4ccccc4c4cc5c6ccccc6n(-c6ccccc6)c5cc43)n2)cc1. The lowest BCUT2D eigenvalue weighted by Crippen LogP contribution is -2.06. The van der Waals surface area contributed by atoms with Gasteiger partial charge in [0, 0.05) is 38.4 Å². The zero-order valence-electron chi connectivity index (χ0n) is 23.7. The fourth-order valence-electron chi connectivity index (χ4n) is 6.40. The zero-order valence-corrected chi connectivity index (χ0v) is 23.7. The number of nitrogens with zero attached hydrogens (tertiary/aromatic N) is 5. The van der Waals surface area contributed by atoms with Gasteiger partial charge in [0.05, 0.1) is 22.1 Å². The van der Waals surface area contributed by atoms with Crippen molar-refractivity contribution in [3.63, 3.8) is 0 Å². The maximum absolute atomic E-state index is 5.11. The Bertz CT molecular complexity index is 2420. The maximum atomic E-state index is 5.11. The van der Waals surface area contributed by atoms with Crippen LogP contribution in [0.1, 0.15) is 0 Å². The molecule has 9 aromatic rings. The Morgan fingerprint density at radius 1 is 0.341 bits per heavy atom. The summed E-state index contributed by atoms with van der Waals surface area (Å²) in [5, 5.41) is 4.75. The summed E-state index contributed by atoms with van der Waals surface area (Å²) in [6, 6.07) is 52.6. The molecule has 0 amide bonds. The van der Waals surface area contributed by atoms with Gasteiger partial charge < -0.3 is 4.57 Å². The van der Waals surface area contributed by atoms with E-state index < -0.39 is 0 Å². The Morgan fingerprint density at radius 2 is 0.795 bits per heavy atom. The van der Waals surface area contributed by atoms with Crippen molar-refractivity contribution >= 4 is 43.6 Å². The molecule has 0 bridgehead atoms. The average molecular weight is 564 g/mol. The molecule has 0 aliphatic carbocycles. The van der Waals surface area contributed by atoms with Crippen LogP contribution in [0.3, 0.4) is 0 Å². The van der Waals surface area contributed by atoms with Crippen LogP contribution in [0.25, 0.3) is 78.0 Å². The number of hydrogen-bond donors (Lipinski definition) is 0. The van der Waals surface area contributed by atoms with Crippen molar-refractivity contribution in [2.24, 2.45) is 0 Å². The van der Waals surface area contributed by atoms with Crippen molar-refractivity contribution < 1.29 is 0 Å². The summed E-state index contributed by atoms with van der Waals surface area (Å²) in [5.41, 5.74) is 7.42. The van der Waals surface area contributed by atoms with E-state index in [-0.39, 0.29) is 0 Å². The van der Waals surface area contributed by atoms with Crippen LogP contribution in [0.5, 0.6) is 0 Å². The van der Waals surface area contributed by atoms with Gasteiger partial charge in [-0.1, -0.05) is 115 Å². The fourth-order valence-corrected chi connectivity index (χ4v) is 6.40. The third-order valence-corrected chi connectivity index (χ3v) is 8.37. The van der Waals surface area contributed by atoms with Gasteiger partial charge in [0.15, 0.2) is 11.6 Å². The molecule has 0 spiro atoms. The number of benzene rings is 6. The van der Waals surface area contributed by atoms with E-state index >= 15 is 0 Å². The summed E-state index contributed by atoms with van der Waals surface area (Å²) in [6.45, 7) is 0. The smallest absolute Gasteiger partial charge is 0.238 e. The lowest BCUT2D eigenvalue weighted by molar-refractivity contribution is 0.953. The Labute approximate surface area is 253 Å². The normalized spacial score (nSPS) is 11.6. The molecule has 5 nitrogen and oxygen atoms in total. The lowest BCUT2D eigenvalue weighted by Gasteiger charge is -2.11. The van der Waals surface area contributed by atoms with Crippen molar-refractivity contribution in [2.75, 3.05) is 0 Å². The first-order chi connectivity index (χ1) is 21.8. The van der Waals surface area contributed by atoms with Crippen LogP contribution in [0.15, 0.2) is 152 Å². The van der Waals surface area contributed by atoms with E-state index in [0.29, 0.717) is 17.6 Å². The topological polar surface area (TPSA) is 48.5 Å². The van der Waals surface area contributed by atoms with Crippen LogP contribution in [0.4, 0.5) is 0 Å². The molecule has 3 aromatic heterocycles. The Kier molecular flexibility index (Phi) is 5.43. The molecule has 0 aliphatic rings. The van der Waals surface area contributed by atoms with Crippen LogP contribution in [-0.4, -0.2) is 24.1 Å². The van der Waals surface area contributed by atoms with Gasteiger partial charge in [-0.25, -0.2) is 4.98 Å². The third kappa shape index (κ3) is 3.76. The van der Waals surface area contributed by atoms with Gasteiger partial charge in [-0.3, -0.25) is 4.57 Å². The summed E-state index contributed by atoms with van der Waals surface area (Å²) >= 11 is 0. The van der Waals surface area contributed by atoms with Crippen molar-refractivity contribution in [2.45, 2.75) is 0 Å². The predicted molar refractivity (Wildman–Crippen MR) is 179 cm³/mol. The molecule has 206 valence electrons. The number of aromatic nitrogens is 5. The monoisotopic (exact) mass is 563 g/mol. The molecule has 0 N–H and O–H groups in total. The van der Waals surface area contributed by atoms with E-state index in [1.54, 1.807) is 0 Å². The number of fused-ring (bicyclic) bond motifs is 6. The van der Waals surface area contributed by atoms with Gasteiger partial charge in [-0.2, -0.15) is 9.97 Å². The second-order valence-corrected chi connectivity index (χ2v) is 10.9. The minimum atomic E-state index is 0.589. The van der Waals surface area contributed by atoms with Crippen LogP contribution in [0, 0.1) is 0 Å². The largest absolute Gasteiger partial charge is 0.309 e. The maximum Gasteiger partial charge on any atom is 0.238 e. The van der Waals surface area contributed by atoms with E-state index in [2.05, 4.69) is 100 Å². The number of para-hydroxylation sites is 3. The molecule has 9 rings (SSSR count).